The molecule has 2 atom stereocenters. The number of benzene rings is 1. The van der Waals surface area contributed by atoms with Crippen molar-refractivity contribution in [3.8, 4) is 6.01 Å². The van der Waals surface area contributed by atoms with Gasteiger partial charge in [-0.25, -0.2) is 13.6 Å². The number of ether oxygens (including phenoxy) is 2. The average molecular weight is 652 g/mol. The van der Waals surface area contributed by atoms with E-state index in [1.165, 1.54) is 6.07 Å². The number of anilines is 1. The quantitative estimate of drug-likeness (QED) is 0.430. The molecule has 1 aromatic heterocycles. The number of carbonyl (C=O) groups excluding carboxylic acids is 2. The molecule has 3 aliphatic heterocycles. The van der Waals surface area contributed by atoms with Gasteiger partial charge in [-0.15, -0.1) is 0 Å². The van der Waals surface area contributed by atoms with Gasteiger partial charge >= 0.3 is 12.1 Å². The molecule has 1 aliphatic carbocycles. The number of aromatic nitrogens is 2. The van der Waals surface area contributed by atoms with E-state index in [-0.39, 0.29) is 50.9 Å². The van der Waals surface area contributed by atoms with Gasteiger partial charge in [0.25, 0.3) is 0 Å². The van der Waals surface area contributed by atoms with Crippen molar-refractivity contribution in [3.05, 3.63) is 22.2 Å². The van der Waals surface area contributed by atoms with Gasteiger partial charge in [-0.3, -0.25) is 14.6 Å². The number of fused-ring (bicyclic) bond motifs is 3. The van der Waals surface area contributed by atoms with Gasteiger partial charge in [0, 0.05) is 50.6 Å². The summed E-state index contributed by atoms with van der Waals surface area (Å²) in [5.74, 6) is -1.07. The molecule has 228 valence electrons. The summed E-state index contributed by atoms with van der Waals surface area (Å²) in [6, 6.07) is 1.05. The lowest BCUT2D eigenvalue weighted by molar-refractivity contribution is -0.134. The monoisotopic (exact) mass is 650 g/mol. The first-order valence-electron chi connectivity index (χ1n) is 14.5. The highest BCUT2D eigenvalue weighted by molar-refractivity contribution is 9.10. The summed E-state index contributed by atoms with van der Waals surface area (Å²) >= 11 is 3.01. The predicted octanol–water partition coefficient (Wildman–Crippen LogP) is 4.19. The zero-order valence-corrected chi connectivity index (χ0v) is 26.0. The van der Waals surface area contributed by atoms with Crippen molar-refractivity contribution in [2.45, 2.75) is 64.1 Å². The summed E-state index contributed by atoms with van der Waals surface area (Å²) in [6.45, 7) is 9.37. The summed E-state index contributed by atoms with van der Waals surface area (Å²) in [7, 11) is 1.82. The van der Waals surface area contributed by atoms with Gasteiger partial charge in [-0.1, -0.05) is 0 Å². The average Bonchev–Trinajstić information content (AvgIpc) is 3.63. The smallest absolute Gasteiger partial charge is 0.410 e. The van der Waals surface area contributed by atoms with Crippen molar-refractivity contribution in [2.24, 2.45) is 5.41 Å². The summed E-state index contributed by atoms with van der Waals surface area (Å²) < 4.78 is 41.6. The number of carbonyl (C=O) groups is 2. The van der Waals surface area contributed by atoms with Crippen LogP contribution in [0.1, 0.15) is 46.5 Å². The van der Waals surface area contributed by atoms with Crippen LogP contribution in [-0.2, 0) is 9.53 Å². The summed E-state index contributed by atoms with van der Waals surface area (Å²) in [5.41, 5.74) is -0.752. The van der Waals surface area contributed by atoms with Crippen LogP contribution >= 0.6 is 15.9 Å². The van der Waals surface area contributed by atoms with E-state index >= 15 is 4.39 Å². The van der Waals surface area contributed by atoms with E-state index in [9.17, 15) is 14.0 Å². The molecule has 13 heteroatoms. The van der Waals surface area contributed by atoms with Crippen molar-refractivity contribution in [3.63, 3.8) is 0 Å². The van der Waals surface area contributed by atoms with Crippen LogP contribution in [0, 0.1) is 17.0 Å². The fourth-order valence-electron chi connectivity index (χ4n) is 6.29. The molecule has 4 heterocycles. The highest BCUT2D eigenvalue weighted by Crippen LogP contribution is 2.47. The molecule has 0 spiro atoms. The highest BCUT2D eigenvalue weighted by Gasteiger charge is 2.47. The van der Waals surface area contributed by atoms with Gasteiger partial charge in [0.1, 0.15) is 22.8 Å². The van der Waals surface area contributed by atoms with Crippen LogP contribution in [-0.4, -0.2) is 107 Å². The molecule has 0 radical (unpaired) electrons. The molecule has 2 bridgehead atoms. The van der Waals surface area contributed by atoms with Gasteiger partial charge < -0.3 is 19.3 Å². The molecule has 1 saturated carbocycles. The Balaban J connectivity index is 1.25. The van der Waals surface area contributed by atoms with Crippen LogP contribution in [0.2, 0.25) is 0 Å². The van der Waals surface area contributed by atoms with Crippen molar-refractivity contribution in [1.82, 2.24) is 24.7 Å². The van der Waals surface area contributed by atoms with Gasteiger partial charge in [0.15, 0.2) is 5.82 Å². The van der Waals surface area contributed by atoms with Gasteiger partial charge in [0.05, 0.1) is 29.7 Å². The summed E-state index contributed by atoms with van der Waals surface area (Å²) in [5, 5.41) is 0.253. The minimum absolute atomic E-state index is 0.0255. The maximum Gasteiger partial charge on any atom is 0.410 e. The second-order valence-electron chi connectivity index (χ2n) is 13.2. The van der Waals surface area contributed by atoms with Crippen LogP contribution in [0.25, 0.3) is 10.9 Å². The van der Waals surface area contributed by atoms with Crippen molar-refractivity contribution < 1.29 is 27.8 Å². The Morgan fingerprint density at radius 3 is 2.45 bits per heavy atom. The third-order valence-corrected chi connectivity index (χ3v) is 9.46. The van der Waals surface area contributed by atoms with Crippen LogP contribution in [0.3, 0.4) is 0 Å². The molecule has 2 aromatic rings. The second-order valence-corrected chi connectivity index (χ2v) is 14.0. The normalized spacial score (nSPS) is 24.0. The maximum absolute atomic E-state index is 15.4. The molecule has 42 heavy (non-hydrogen) atoms. The third kappa shape index (κ3) is 5.73. The Kier molecular flexibility index (Phi) is 7.48. The first-order chi connectivity index (χ1) is 19.8. The fraction of sp³-hybridized carbons (Fsp3) is 0.655. The van der Waals surface area contributed by atoms with Crippen molar-refractivity contribution in [2.75, 3.05) is 57.8 Å². The standard InChI is InChI=1S/C29H37BrF2N6O4/c1-28(2,3)42-27(40)38-17-5-6-18(38)13-37(12-17)25-19-11-20(31)22(30)23(32)24(19)33-26(34-25)41-16-29(7-8-29)15-36-10-9-35(4)21(39)14-36/h11,17-18H,5-10,12-16H2,1-4H3. The lowest BCUT2D eigenvalue weighted by atomic mass is 10.1. The zero-order chi connectivity index (χ0) is 30.0. The molecule has 3 saturated heterocycles. The third-order valence-electron chi connectivity index (χ3n) is 8.73. The number of nitrogens with zero attached hydrogens (tertiary/aromatic N) is 6. The molecule has 0 N–H and O–H groups in total. The number of amides is 2. The number of likely N-dealkylation sites (N-methyl/N-ethyl adjacent to an activating group) is 1. The van der Waals surface area contributed by atoms with Crippen LogP contribution in [0.15, 0.2) is 10.5 Å². The van der Waals surface area contributed by atoms with Crippen LogP contribution < -0.4 is 9.64 Å². The van der Waals surface area contributed by atoms with Gasteiger partial charge in [0.2, 0.25) is 5.91 Å². The highest BCUT2D eigenvalue weighted by atomic mass is 79.9. The van der Waals surface area contributed by atoms with Crippen molar-refractivity contribution >= 4 is 44.7 Å². The van der Waals surface area contributed by atoms with E-state index < -0.39 is 17.2 Å². The molecule has 2 amide bonds. The fourth-order valence-corrected chi connectivity index (χ4v) is 6.59. The van der Waals surface area contributed by atoms with E-state index in [2.05, 4.69) is 25.8 Å². The van der Waals surface area contributed by atoms with Crippen LogP contribution in [0.5, 0.6) is 6.01 Å². The zero-order valence-electron chi connectivity index (χ0n) is 24.5. The summed E-state index contributed by atoms with van der Waals surface area (Å²) in [6.07, 6.45) is 3.17. The first kappa shape index (κ1) is 29.3. The lowest BCUT2D eigenvalue weighted by Gasteiger charge is -2.42. The largest absolute Gasteiger partial charge is 0.463 e. The minimum atomic E-state index is -0.814. The Labute approximate surface area is 252 Å². The molecular formula is C29H37BrF2N6O4. The first-order valence-corrected chi connectivity index (χ1v) is 15.3. The number of hydrogen-bond acceptors (Lipinski definition) is 8. The lowest BCUT2D eigenvalue weighted by Crippen LogP contribution is -2.57. The Hall–Kier alpha value is -2.80. The molecule has 10 nitrogen and oxygen atoms in total. The molecule has 4 aliphatic rings. The van der Waals surface area contributed by atoms with Gasteiger partial charge in [-0.05, 0) is 68.5 Å². The molecule has 1 aromatic carbocycles. The number of piperazine rings is 2. The topological polar surface area (TPSA) is 91.3 Å². The Bertz CT molecular complexity index is 1400. The van der Waals surface area contributed by atoms with E-state index in [1.807, 2.05) is 32.7 Å². The maximum atomic E-state index is 15.4. The Morgan fingerprint density at radius 1 is 1.14 bits per heavy atom. The number of hydrogen-bond donors (Lipinski definition) is 0. The van der Waals surface area contributed by atoms with E-state index in [4.69, 9.17) is 14.5 Å². The summed E-state index contributed by atoms with van der Waals surface area (Å²) in [4.78, 5) is 41.9. The molecule has 2 unspecified atom stereocenters. The van der Waals surface area contributed by atoms with Crippen LogP contribution in [0.4, 0.5) is 19.4 Å². The SMILES string of the molecule is CN1CCN(CC2(COc3nc(N4CC5CCC(C4)N5C(=O)OC(C)(C)C)c4cc(F)c(Br)c(F)c4n3)CC2)CC1=O. The molecular weight excluding hydrogens is 614 g/mol. The number of rotatable bonds is 6. The van der Waals surface area contributed by atoms with E-state index in [0.717, 1.165) is 38.8 Å². The Morgan fingerprint density at radius 2 is 1.83 bits per heavy atom. The minimum Gasteiger partial charge on any atom is -0.463 e. The second kappa shape index (κ2) is 10.7. The molecule has 6 rings (SSSR count). The molecule has 4 fully saturated rings. The predicted molar refractivity (Wildman–Crippen MR) is 155 cm³/mol. The van der Waals surface area contributed by atoms with Crippen molar-refractivity contribution in [1.29, 1.82) is 0 Å². The number of halogens is 3. The van der Waals surface area contributed by atoms with E-state index in [1.54, 1.807) is 9.80 Å². The van der Waals surface area contributed by atoms with Gasteiger partial charge in [-0.2, -0.15) is 9.97 Å². The van der Waals surface area contributed by atoms with E-state index in [0.29, 0.717) is 38.6 Å².